The second kappa shape index (κ2) is 26.8. The third-order valence-corrected chi connectivity index (χ3v) is 16.8. The molecule has 2 fully saturated rings. The van der Waals surface area contributed by atoms with Crippen molar-refractivity contribution < 1.29 is 69.0 Å². The predicted molar refractivity (Wildman–Crippen MR) is 277 cm³/mol. The number of hydrogen-bond donors (Lipinski definition) is 3. The first-order valence-electron chi connectivity index (χ1n) is 22.6. The van der Waals surface area contributed by atoms with Gasteiger partial charge >= 0.3 is 35.5 Å². The van der Waals surface area contributed by atoms with Crippen molar-refractivity contribution in [1.82, 2.24) is 0 Å². The van der Waals surface area contributed by atoms with Gasteiger partial charge in [-0.2, -0.15) is 29.4 Å². The van der Waals surface area contributed by atoms with Crippen LogP contribution in [0.15, 0.2) is 109 Å². The van der Waals surface area contributed by atoms with Crippen molar-refractivity contribution in [3.8, 4) is 33.0 Å². The third-order valence-electron chi connectivity index (χ3n) is 12.6. The van der Waals surface area contributed by atoms with E-state index < -0.39 is 29.9 Å². The third kappa shape index (κ3) is 13.8. The molecule has 4 heterocycles. The number of aliphatic hydroxyl groups is 3. The molecule has 3 N–H and O–H groups in total. The molecule has 2 saturated heterocycles. The zero-order valence-electron chi connectivity index (χ0n) is 41.0. The Balaban J connectivity index is 0.000000249. The van der Waals surface area contributed by atoms with Crippen molar-refractivity contribution in [2.75, 3.05) is 19.6 Å². The van der Waals surface area contributed by atoms with Gasteiger partial charge in [0.2, 0.25) is 0 Å². The van der Waals surface area contributed by atoms with E-state index in [-0.39, 0.29) is 65.0 Å². The van der Waals surface area contributed by atoms with Crippen LogP contribution in [0.2, 0.25) is 0 Å². The summed E-state index contributed by atoms with van der Waals surface area (Å²) in [7, 11) is 0.750. The van der Waals surface area contributed by atoms with Crippen molar-refractivity contribution in [3.63, 3.8) is 0 Å². The van der Waals surface area contributed by atoms with Gasteiger partial charge in [-0.15, -0.1) is 34.4 Å². The number of aliphatic hydroxyl groups excluding tert-OH is 3. The van der Waals surface area contributed by atoms with Crippen molar-refractivity contribution in [2.24, 2.45) is 5.92 Å². The molecule has 362 valence electrons. The van der Waals surface area contributed by atoms with Gasteiger partial charge in [0.1, 0.15) is 36.0 Å². The van der Waals surface area contributed by atoms with Crippen molar-refractivity contribution in [2.45, 2.75) is 101 Å². The van der Waals surface area contributed by atoms with Crippen LogP contribution in [0.25, 0.3) is 20.9 Å². The molecule has 6 aromatic rings. The van der Waals surface area contributed by atoms with Crippen LogP contribution in [0.3, 0.4) is 0 Å². The summed E-state index contributed by atoms with van der Waals surface area (Å²) in [5.41, 5.74) is 9.46. The van der Waals surface area contributed by atoms with E-state index in [2.05, 4.69) is 81.6 Å². The Morgan fingerprint density at radius 3 is 1.64 bits per heavy atom. The van der Waals surface area contributed by atoms with E-state index >= 15 is 0 Å². The number of rotatable bonds is 11. The van der Waals surface area contributed by atoms with Crippen LogP contribution in [0.5, 0.6) is 0 Å². The second-order valence-electron chi connectivity index (χ2n) is 17.2. The van der Waals surface area contributed by atoms with Gasteiger partial charge in [0.05, 0.1) is 40.7 Å². The smallest absolute Gasteiger partial charge is 0.857 e. The molecule has 0 aliphatic carbocycles. The van der Waals surface area contributed by atoms with Gasteiger partial charge in [-0.05, 0) is 126 Å². The number of esters is 1. The number of carbonyl (C=O) groups excluding carboxylic acids is 1. The van der Waals surface area contributed by atoms with Gasteiger partial charge in [-0.1, -0.05) is 67.6 Å². The number of hydrogen-bond acceptors (Lipinski definition) is 14. The molecule has 0 radical (unpaired) electrons. The van der Waals surface area contributed by atoms with Crippen LogP contribution in [-0.2, 0) is 31.8 Å². The second-order valence-corrected chi connectivity index (χ2v) is 21.5. The first-order chi connectivity index (χ1) is 33.2. The summed E-state index contributed by atoms with van der Waals surface area (Å²) in [5.74, 6) is -0.117. The Morgan fingerprint density at radius 2 is 1.19 bits per heavy atom. The number of benzene rings is 4. The molecule has 10 atom stereocenters. The number of thiophene rings is 2. The van der Waals surface area contributed by atoms with Gasteiger partial charge in [0.25, 0.3) is 0 Å². The monoisotopic (exact) mass is 1030 g/mol. The van der Waals surface area contributed by atoms with Crippen molar-refractivity contribution in [1.29, 1.82) is 10.5 Å². The average molecular weight is 1030 g/mol. The molecule has 2 aliphatic rings. The molecular formula is C55H59N2NaO8S4. The maximum Gasteiger partial charge on any atom is 1.00 e. The quantitative estimate of drug-likeness (QED) is 0.0901. The molecule has 0 bridgehead atoms. The molecule has 0 spiro atoms. The van der Waals surface area contributed by atoms with Gasteiger partial charge in [0, 0.05) is 45.2 Å². The minimum atomic E-state index is -1.26. The normalized spacial score (nSPS) is 23.7. The van der Waals surface area contributed by atoms with E-state index in [0.717, 1.165) is 63.1 Å². The van der Waals surface area contributed by atoms with Crippen LogP contribution in [-0.4, -0.2) is 82.1 Å². The van der Waals surface area contributed by atoms with Crippen LogP contribution < -0.4 is 34.7 Å². The first-order valence-corrected chi connectivity index (χ1v) is 26.8. The Kier molecular flexibility index (Phi) is 21.8. The van der Waals surface area contributed by atoms with Crippen LogP contribution >= 0.6 is 46.2 Å². The molecule has 15 heteroatoms. The molecular weight excluding hydrogens is 968 g/mol. The van der Waals surface area contributed by atoms with E-state index in [9.17, 15) is 25.4 Å². The summed E-state index contributed by atoms with van der Waals surface area (Å²) in [6.45, 7) is 9.83. The Hall–Kier alpha value is -3.81. The topological polar surface area (TPSA) is 176 Å². The Morgan fingerprint density at radius 1 is 0.686 bits per heavy atom. The van der Waals surface area contributed by atoms with Crippen LogP contribution in [0.1, 0.15) is 87.2 Å². The molecule has 4 aromatic carbocycles. The summed E-state index contributed by atoms with van der Waals surface area (Å²) in [6.07, 6.45) is 0.757. The summed E-state index contributed by atoms with van der Waals surface area (Å²) < 4.78 is 18.2. The minimum absolute atomic E-state index is 0. The molecule has 70 heavy (non-hydrogen) atoms. The van der Waals surface area contributed by atoms with Crippen LogP contribution in [0, 0.1) is 42.4 Å². The van der Waals surface area contributed by atoms with E-state index in [1.807, 2.05) is 67.6 Å². The van der Waals surface area contributed by atoms with Gasteiger partial charge in [-0.25, -0.2) is 0 Å². The minimum Gasteiger partial charge on any atom is -0.857 e. The average Bonchev–Trinajstić information content (AvgIpc) is 4.05. The number of nitrogens with zero attached hydrogens (tertiary/aromatic N) is 2. The number of thioether (sulfide) groups is 2. The molecule has 0 saturated carbocycles. The zero-order valence-corrected chi connectivity index (χ0v) is 46.3. The molecule has 2 unspecified atom stereocenters. The molecule has 2 aromatic heterocycles. The van der Waals surface area contributed by atoms with Crippen molar-refractivity contribution >= 4 is 52.2 Å². The maximum atomic E-state index is 11.8. The predicted octanol–water partition coefficient (Wildman–Crippen LogP) is 6.95. The van der Waals surface area contributed by atoms with Gasteiger partial charge in [0.15, 0.2) is 0 Å². The summed E-state index contributed by atoms with van der Waals surface area (Å²) in [4.78, 5) is 16.6. The van der Waals surface area contributed by atoms with Crippen LogP contribution in [0.4, 0.5) is 0 Å². The number of aryl methyl sites for hydroxylation is 2. The fourth-order valence-corrected chi connectivity index (χ4v) is 12.4. The van der Waals surface area contributed by atoms with Crippen molar-refractivity contribution in [3.05, 3.63) is 163 Å². The molecule has 0 amide bonds. The maximum absolute atomic E-state index is 11.8. The first kappa shape index (κ1) is 57.1. The fraction of sp³-hybridized carbons (Fsp3) is 0.364. The van der Waals surface area contributed by atoms with Gasteiger partial charge in [-0.3, -0.25) is 4.79 Å². The molecule has 2 aliphatic heterocycles. The van der Waals surface area contributed by atoms with E-state index in [4.69, 9.17) is 24.6 Å². The molecule has 10 nitrogen and oxygen atoms in total. The fourth-order valence-electron chi connectivity index (χ4n) is 8.61. The summed E-state index contributed by atoms with van der Waals surface area (Å²) in [6, 6.07) is 40.7. The zero-order chi connectivity index (χ0) is 49.9. The number of nitriles is 2. The van der Waals surface area contributed by atoms with E-state index in [1.165, 1.54) is 39.6 Å². The SMILES string of the molecule is CS[C@H]1C(c2ccc(C)c(Cc3ccc(-c4cccc(C#N)c4)s3)c2)O[C@H](C)[C@@H](C)[C@@H]1OC(C)=O.CS[C@H]1OC(c2ccc(C)c(Cc3ccc(-c4cccc(C#N)c4)s3)c2)[C@H](O)[C@@H](O)[C@@H]1O.C[O-].[Na+]. The Bertz CT molecular complexity index is 2770. The molecule has 8 rings (SSSR count). The standard InChI is InChI=1S/C29H31NO3S2.C25H25NO4S2.CH3O.Na/c1-17-9-10-23(28-29(34-5)27(33-20(4)31)18(2)19(3)32-28)14-24(17)15-25-11-12-26(35-25)22-8-6-7-21(13-22)16-30;1-14-6-7-17(24-22(28)21(27)23(29)25(30-24)31-2)11-18(14)12-19-8-9-20(32-19)16-5-3-4-15(10-16)13-26;1-2;/h6-14,18-19,27-29H,15H2,1-5H3;3-11,21-25,27-29H,12H2,1-2H3;1H3;/q;;-1;+1/t18-,19-,27+,28?,29-;21-,22-,23+,24?,25-;;/m11../s1. The van der Waals surface area contributed by atoms with E-state index in [0.29, 0.717) is 11.1 Å². The Labute approximate surface area is 451 Å². The number of ether oxygens (including phenoxy) is 3. The largest absolute Gasteiger partial charge is 1.00 e. The van der Waals surface area contributed by atoms with Gasteiger partial charge < -0.3 is 34.6 Å². The number of carbonyl (C=O) groups is 1. The summed E-state index contributed by atoms with van der Waals surface area (Å²) in [5, 5.41) is 57.6. The summed E-state index contributed by atoms with van der Waals surface area (Å²) >= 11 is 6.46. The van der Waals surface area contributed by atoms with E-state index in [1.54, 1.807) is 46.8 Å².